The maximum absolute atomic E-state index is 5.04. The Hall–Kier alpha value is -0.428. The molecule has 0 N–H and O–H groups in total. The number of hydrogen-bond donors (Lipinski definition) is 0. The van der Waals surface area contributed by atoms with Gasteiger partial charge in [-0.05, 0) is 0 Å². The summed E-state index contributed by atoms with van der Waals surface area (Å²) >= 11 is 0. The summed E-state index contributed by atoms with van der Waals surface area (Å²) in [7, 11) is 0. The van der Waals surface area contributed by atoms with Crippen molar-refractivity contribution in [3.63, 3.8) is 0 Å². The Morgan fingerprint density at radius 2 is 1.75 bits per heavy atom. The van der Waals surface area contributed by atoms with Gasteiger partial charge in [-0.25, -0.2) is 6.42 Å². The summed E-state index contributed by atoms with van der Waals surface area (Å²) in [6.45, 7) is 0. The standard InChI is InChI=1S/C7H5.Re/c1-2-7-5-3-4-6-7;/h1,3-6H;/q-1;. The van der Waals surface area contributed by atoms with Crippen molar-refractivity contribution in [3.8, 4) is 12.3 Å². The molecule has 0 aromatic heterocycles. The van der Waals surface area contributed by atoms with Crippen molar-refractivity contribution in [2.75, 3.05) is 0 Å². The zero-order valence-corrected chi connectivity index (χ0v) is 6.98. The first-order valence-electron chi connectivity index (χ1n) is 2.12. The topological polar surface area (TPSA) is 0 Å². The van der Waals surface area contributed by atoms with Crippen molar-refractivity contribution >= 4 is 0 Å². The molecule has 0 atom stereocenters. The van der Waals surface area contributed by atoms with E-state index in [1.807, 2.05) is 24.3 Å². The van der Waals surface area contributed by atoms with Gasteiger partial charge in [0.05, 0.1) is 0 Å². The Kier molecular flexibility index (Phi) is 3.37. The van der Waals surface area contributed by atoms with Gasteiger partial charge in [0.15, 0.2) is 0 Å². The van der Waals surface area contributed by atoms with Crippen LogP contribution in [-0.4, -0.2) is 0 Å². The zero-order chi connectivity index (χ0) is 5.11. The Morgan fingerprint density at radius 3 is 2.00 bits per heavy atom. The fraction of sp³-hybridized carbons (Fsp3) is 0. The molecule has 0 nitrogen and oxygen atoms in total. The Morgan fingerprint density at radius 1 is 1.25 bits per heavy atom. The van der Waals surface area contributed by atoms with Crippen LogP contribution in [0.25, 0.3) is 0 Å². The molecule has 0 fully saturated rings. The summed E-state index contributed by atoms with van der Waals surface area (Å²) < 4.78 is 0. The molecule has 8 heavy (non-hydrogen) atoms. The van der Waals surface area contributed by atoms with Gasteiger partial charge in [-0.1, -0.05) is 5.56 Å². The fourth-order valence-electron chi connectivity index (χ4n) is 0.470. The first-order chi connectivity index (χ1) is 3.43. The molecule has 1 rings (SSSR count). The van der Waals surface area contributed by atoms with Gasteiger partial charge in [-0.15, -0.1) is 12.1 Å². The SMILES string of the molecule is C#C[c-]1cccc1.[Re]. The van der Waals surface area contributed by atoms with Crippen LogP contribution in [0, 0.1) is 12.3 Å². The molecule has 1 heteroatoms. The Bertz CT molecular complexity index is 167. The van der Waals surface area contributed by atoms with E-state index in [9.17, 15) is 0 Å². The summed E-state index contributed by atoms with van der Waals surface area (Å²) in [6.07, 6.45) is 5.04. The molecular formula is C7H5Re-. The monoisotopic (exact) mass is 276 g/mol. The van der Waals surface area contributed by atoms with E-state index >= 15 is 0 Å². The number of terminal acetylenes is 1. The van der Waals surface area contributed by atoms with Crippen molar-refractivity contribution in [3.05, 3.63) is 29.8 Å². The zero-order valence-electron chi connectivity index (χ0n) is 4.26. The number of rotatable bonds is 0. The summed E-state index contributed by atoms with van der Waals surface area (Å²) in [5.41, 5.74) is 0.958. The minimum Gasteiger partial charge on any atom is -0.228 e. The predicted octanol–water partition coefficient (Wildman–Crippen LogP) is 1.38. The average molecular weight is 275 g/mol. The molecule has 41 valence electrons. The molecule has 0 spiro atoms. The molecule has 0 saturated heterocycles. The molecule has 0 unspecified atom stereocenters. The molecule has 1 aromatic carbocycles. The van der Waals surface area contributed by atoms with E-state index in [1.54, 1.807) is 0 Å². The van der Waals surface area contributed by atoms with Gasteiger partial charge in [-0.3, -0.25) is 0 Å². The molecule has 0 aliphatic heterocycles. The second-order valence-corrected chi connectivity index (χ2v) is 1.32. The minimum atomic E-state index is 0. The van der Waals surface area contributed by atoms with E-state index < -0.39 is 0 Å². The smallest absolute Gasteiger partial charge is 0 e. The quantitative estimate of drug-likeness (QED) is 0.496. The average Bonchev–Trinajstić information content (AvgIpc) is 2.14. The molecule has 0 bridgehead atoms. The maximum Gasteiger partial charge on any atom is 0 e. The second kappa shape index (κ2) is 3.56. The van der Waals surface area contributed by atoms with Gasteiger partial charge in [0, 0.05) is 20.4 Å². The van der Waals surface area contributed by atoms with Crippen molar-refractivity contribution in [2.24, 2.45) is 0 Å². The van der Waals surface area contributed by atoms with E-state index in [0.717, 1.165) is 5.56 Å². The second-order valence-electron chi connectivity index (χ2n) is 1.32. The third kappa shape index (κ3) is 1.59. The minimum absolute atomic E-state index is 0. The van der Waals surface area contributed by atoms with Crippen molar-refractivity contribution in [2.45, 2.75) is 0 Å². The summed E-state index contributed by atoms with van der Waals surface area (Å²) in [5.74, 6) is 2.51. The molecule has 0 aliphatic carbocycles. The van der Waals surface area contributed by atoms with Gasteiger partial charge in [0.1, 0.15) is 0 Å². The van der Waals surface area contributed by atoms with Crippen LogP contribution in [0.1, 0.15) is 5.56 Å². The molecule has 0 saturated carbocycles. The van der Waals surface area contributed by atoms with Crippen LogP contribution in [0.5, 0.6) is 0 Å². The van der Waals surface area contributed by atoms with E-state index in [-0.39, 0.29) is 20.4 Å². The van der Waals surface area contributed by atoms with Crippen LogP contribution in [-0.2, 0) is 20.4 Å². The first-order valence-corrected chi connectivity index (χ1v) is 2.12. The molecule has 1 radical (unpaired) electrons. The fourth-order valence-corrected chi connectivity index (χ4v) is 0.470. The first kappa shape index (κ1) is 7.57. The van der Waals surface area contributed by atoms with Crippen LogP contribution in [0.2, 0.25) is 0 Å². The molecule has 0 amide bonds. The van der Waals surface area contributed by atoms with Crippen LogP contribution in [0.4, 0.5) is 0 Å². The van der Waals surface area contributed by atoms with Crippen molar-refractivity contribution in [1.82, 2.24) is 0 Å². The van der Waals surface area contributed by atoms with Crippen molar-refractivity contribution in [1.29, 1.82) is 0 Å². The van der Waals surface area contributed by atoms with Crippen LogP contribution in [0.15, 0.2) is 24.3 Å². The van der Waals surface area contributed by atoms with Crippen LogP contribution < -0.4 is 0 Å². The van der Waals surface area contributed by atoms with Gasteiger partial charge in [0.25, 0.3) is 0 Å². The van der Waals surface area contributed by atoms with Crippen molar-refractivity contribution < 1.29 is 20.4 Å². The predicted molar refractivity (Wildman–Crippen MR) is 30.0 cm³/mol. The van der Waals surface area contributed by atoms with Gasteiger partial charge < -0.3 is 0 Å². The summed E-state index contributed by atoms with van der Waals surface area (Å²) in [4.78, 5) is 0. The van der Waals surface area contributed by atoms with E-state index in [2.05, 4.69) is 5.92 Å². The number of hydrogen-bond acceptors (Lipinski definition) is 0. The van der Waals surface area contributed by atoms with Gasteiger partial charge in [-0.2, -0.15) is 18.1 Å². The van der Waals surface area contributed by atoms with Crippen LogP contribution >= 0.6 is 0 Å². The molecule has 0 aliphatic rings. The van der Waals surface area contributed by atoms with E-state index in [0.29, 0.717) is 0 Å². The molecule has 1 aromatic rings. The molecule has 0 heterocycles. The Labute approximate surface area is 62.9 Å². The van der Waals surface area contributed by atoms with Gasteiger partial charge >= 0.3 is 0 Å². The largest absolute Gasteiger partial charge is 0.228 e. The third-order valence-corrected chi connectivity index (χ3v) is 0.829. The summed E-state index contributed by atoms with van der Waals surface area (Å²) in [5, 5.41) is 0. The molecular weight excluding hydrogens is 270 g/mol. The summed E-state index contributed by atoms with van der Waals surface area (Å²) in [6, 6.07) is 7.66. The van der Waals surface area contributed by atoms with Crippen LogP contribution in [0.3, 0.4) is 0 Å². The normalized spacial score (nSPS) is 6.88. The maximum atomic E-state index is 5.04. The van der Waals surface area contributed by atoms with E-state index in [1.165, 1.54) is 0 Å². The third-order valence-electron chi connectivity index (χ3n) is 0.829. The Balaban J connectivity index is 0.000000490. The van der Waals surface area contributed by atoms with Gasteiger partial charge in [0.2, 0.25) is 0 Å². The van der Waals surface area contributed by atoms with E-state index in [4.69, 9.17) is 6.42 Å².